The van der Waals surface area contributed by atoms with Crippen LogP contribution in [0.1, 0.15) is 19.1 Å². The van der Waals surface area contributed by atoms with E-state index in [0.717, 1.165) is 0 Å². The number of anilines is 1. The molecule has 1 fully saturated rings. The number of aromatic nitrogens is 4. The SMILES string of the molecule is NC(=O)CC[C@H](N)C(=O)O.Nc1ncnc2c1ncn2[C@@H]1O[C@H](COP(=O)(O)O)[C@@H](O)[C@H]1O.Oc1ccco1. The fourth-order valence-electron chi connectivity index (χ4n) is 3.01. The van der Waals surface area contributed by atoms with Crippen LogP contribution in [0.25, 0.3) is 11.2 Å². The molecule has 216 valence electrons. The van der Waals surface area contributed by atoms with E-state index in [1.807, 2.05) is 0 Å². The number of carbonyl (C=O) groups excluding carboxylic acids is 1. The molecule has 4 rings (SSSR count). The summed E-state index contributed by atoms with van der Waals surface area (Å²) in [7, 11) is -4.72. The van der Waals surface area contributed by atoms with Crippen molar-refractivity contribution in [3.8, 4) is 5.95 Å². The van der Waals surface area contributed by atoms with E-state index < -0.39 is 56.9 Å². The van der Waals surface area contributed by atoms with E-state index in [1.165, 1.54) is 29.6 Å². The maximum atomic E-state index is 10.7. The Labute approximate surface area is 219 Å². The summed E-state index contributed by atoms with van der Waals surface area (Å²) in [6, 6.07) is 2.11. The number of carboxylic acids is 1. The summed E-state index contributed by atoms with van der Waals surface area (Å²) in [6.45, 7) is -0.594. The van der Waals surface area contributed by atoms with Gasteiger partial charge < -0.3 is 56.6 Å². The number of furan rings is 1. The van der Waals surface area contributed by atoms with Crippen LogP contribution in [0.15, 0.2) is 35.5 Å². The van der Waals surface area contributed by atoms with Crippen molar-refractivity contribution >= 4 is 36.7 Å². The molecule has 19 nitrogen and oxygen atoms in total. The van der Waals surface area contributed by atoms with Gasteiger partial charge in [0.05, 0.1) is 19.2 Å². The van der Waals surface area contributed by atoms with Crippen LogP contribution in [0.5, 0.6) is 5.95 Å². The number of aromatic hydroxyl groups is 1. The van der Waals surface area contributed by atoms with Crippen molar-refractivity contribution < 1.29 is 58.0 Å². The van der Waals surface area contributed by atoms with Crippen molar-refractivity contribution in [1.82, 2.24) is 19.5 Å². The molecular formula is C19H28N7O12P. The highest BCUT2D eigenvalue weighted by Gasteiger charge is 2.45. The van der Waals surface area contributed by atoms with E-state index in [1.54, 1.807) is 6.07 Å². The number of fused-ring (bicyclic) bond motifs is 1. The molecule has 20 heteroatoms. The number of imidazole rings is 1. The molecule has 1 amide bonds. The van der Waals surface area contributed by atoms with Crippen LogP contribution in [0.4, 0.5) is 5.82 Å². The number of rotatable bonds is 8. The van der Waals surface area contributed by atoms with Gasteiger partial charge in [-0.25, -0.2) is 19.5 Å². The van der Waals surface area contributed by atoms with E-state index in [9.17, 15) is 24.4 Å². The largest absolute Gasteiger partial charge is 0.481 e. The molecule has 3 aromatic heterocycles. The monoisotopic (exact) mass is 577 g/mol. The second-order valence-electron chi connectivity index (χ2n) is 7.82. The third kappa shape index (κ3) is 9.53. The van der Waals surface area contributed by atoms with Crippen molar-refractivity contribution in [2.24, 2.45) is 11.5 Å². The van der Waals surface area contributed by atoms with Crippen LogP contribution in [-0.4, -0.2) is 92.6 Å². The van der Waals surface area contributed by atoms with Crippen molar-refractivity contribution in [2.75, 3.05) is 12.3 Å². The predicted molar refractivity (Wildman–Crippen MR) is 128 cm³/mol. The summed E-state index contributed by atoms with van der Waals surface area (Å²) in [5, 5.41) is 36.6. The Morgan fingerprint density at radius 1 is 1.21 bits per heavy atom. The summed E-state index contributed by atoms with van der Waals surface area (Å²) in [6.07, 6.45) is -0.955. The molecule has 0 bridgehead atoms. The number of phosphoric acid groups is 1. The topological polar surface area (TPSA) is 326 Å². The van der Waals surface area contributed by atoms with E-state index in [2.05, 4.69) is 23.9 Å². The number of aliphatic hydroxyl groups is 2. The lowest BCUT2D eigenvalue weighted by molar-refractivity contribution is -0.138. The molecule has 12 N–H and O–H groups in total. The zero-order valence-corrected chi connectivity index (χ0v) is 20.9. The first-order valence-electron chi connectivity index (χ1n) is 10.8. The molecule has 0 saturated carbocycles. The summed E-state index contributed by atoms with van der Waals surface area (Å²) in [4.78, 5) is 49.3. The Morgan fingerprint density at radius 2 is 1.90 bits per heavy atom. The highest BCUT2D eigenvalue weighted by Crippen LogP contribution is 2.38. The second kappa shape index (κ2) is 13.9. The van der Waals surface area contributed by atoms with E-state index in [0.29, 0.717) is 5.52 Å². The average molecular weight is 577 g/mol. The Morgan fingerprint density at radius 3 is 2.41 bits per heavy atom. The van der Waals surface area contributed by atoms with E-state index in [4.69, 9.17) is 41.9 Å². The lowest BCUT2D eigenvalue weighted by Gasteiger charge is -2.16. The maximum Gasteiger partial charge on any atom is 0.469 e. The average Bonchev–Trinajstić information content (AvgIpc) is 3.57. The fourth-order valence-corrected chi connectivity index (χ4v) is 3.36. The van der Waals surface area contributed by atoms with Crippen molar-refractivity contribution in [3.63, 3.8) is 0 Å². The van der Waals surface area contributed by atoms with Gasteiger partial charge in [0, 0.05) is 12.5 Å². The van der Waals surface area contributed by atoms with Gasteiger partial charge >= 0.3 is 13.8 Å². The van der Waals surface area contributed by atoms with Gasteiger partial charge in [-0.05, 0) is 12.5 Å². The number of amides is 1. The molecular weight excluding hydrogens is 549 g/mol. The van der Waals surface area contributed by atoms with Gasteiger partial charge in [-0.2, -0.15) is 0 Å². The smallest absolute Gasteiger partial charge is 0.469 e. The fraction of sp³-hybridized carbons (Fsp3) is 0.421. The Hall–Kier alpha value is -3.68. The zero-order chi connectivity index (χ0) is 29.3. The first kappa shape index (κ1) is 31.5. The number of primary amides is 1. The first-order chi connectivity index (χ1) is 18.2. The van der Waals surface area contributed by atoms with Crippen molar-refractivity contribution in [3.05, 3.63) is 31.1 Å². The number of nitrogens with zero attached hydrogens (tertiary/aromatic N) is 4. The molecule has 0 radical (unpaired) electrons. The van der Waals surface area contributed by atoms with Crippen LogP contribution in [0, 0.1) is 0 Å². The number of nitrogen functional groups attached to an aromatic ring is 1. The minimum absolute atomic E-state index is 0.0213. The highest BCUT2D eigenvalue weighted by atomic mass is 31.2. The number of hydrogen-bond acceptors (Lipinski definition) is 14. The van der Waals surface area contributed by atoms with Crippen molar-refractivity contribution in [1.29, 1.82) is 0 Å². The predicted octanol–water partition coefficient (Wildman–Crippen LogP) is -2.21. The van der Waals surface area contributed by atoms with Gasteiger partial charge in [0.1, 0.15) is 36.2 Å². The van der Waals surface area contributed by atoms with Crippen LogP contribution in [-0.2, 0) is 23.4 Å². The van der Waals surface area contributed by atoms with Crippen LogP contribution >= 0.6 is 7.82 Å². The van der Waals surface area contributed by atoms with Gasteiger partial charge in [0.25, 0.3) is 5.95 Å². The standard InChI is InChI=1S/C10H14N5O7P.C5H10N2O3.C4H4O2/c11-8-5-9(13-2-12-8)15(3-14-5)10-7(17)6(16)4(22-10)1-21-23(18,19)20;6-3(5(9)10)1-2-4(7)8;5-4-2-1-3-6-4/h2-4,6-7,10,16-17H,1H2,(H2,11,12,13)(H2,18,19,20);3H,1-2,6H2,(H2,7,8)(H,9,10);1-3,5H/t4-,6-,7-,10-;3-;/m10./s1. The number of phosphoric ester groups is 1. The number of nitrogens with two attached hydrogens (primary N) is 3. The molecule has 1 saturated heterocycles. The summed E-state index contributed by atoms with van der Waals surface area (Å²) in [5.74, 6) is -1.53. The Balaban J connectivity index is 0.000000274. The zero-order valence-electron chi connectivity index (χ0n) is 20.0. The number of aliphatic hydroxyl groups excluding tert-OH is 2. The lowest BCUT2D eigenvalue weighted by atomic mass is 10.1. The molecule has 3 aromatic rings. The van der Waals surface area contributed by atoms with Gasteiger partial charge in [-0.3, -0.25) is 18.7 Å². The highest BCUT2D eigenvalue weighted by molar-refractivity contribution is 7.46. The molecule has 1 aliphatic heterocycles. The van der Waals surface area contributed by atoms with Crippen molar-refractivity contribution in [2.45, 2.75) is 43.4 Å². The van der Waals surface area contributed by atoms with E-state index >= 15 is 0 Å². The van der Waals surface area contributed by atoms with E-state index in [-0.39, 0.29) is 30.3 Å². The number of carboxylic acid groups (broad SMARTS) is 1. The number of ether oxygens (including phenoxy) is 1. The third-order valence-electron chi connectivity index (χ3n) is 4.93. The van der Waals surface area contributed by atoms with Gasteiger partial charge in [-0.1, -0.05) is 0 Å². The Kier molecular flexibility index (Phi) is 11.3. The number of aliphatic carboxylic acids is 1. The van der Waals surface area contributed by atoms with Gasteiger partial charge in [-0.15, -0.1) is 0 Å². The molecule has 1 aliphatic rings. The minimum Gasteiger partial charge on any atom is -0.481 e. The number of carbonyl (C=O) groups is 2. The number of hydrogen-bond donors (Lipinski definition) is 9. The lowest BCUT2D eigenvalue weighted by Crippen LogP contribution is -2.33. The quantitative estimate of drug-likeness (QED) is 0.128. The summed E-state index contributed by atoms with van der Waals surface area (Å²) < 4.78 is 26.2. The van der Waals surface area contributed by atoms with Gasteiger partial charge in [0.15, 0.2) is 17.7 Å². The molecule has 5 atom stereocenters. The molecule has 0 unspecified atom stereocenters. The second-order valence-corrected chi connectivity index (χ2v) is 9.06. The molecule has 0 aliphatic carbocycles. The Bertz CT molecular complexity index is 1270. The molecule has 0 spiro atoms. The van der Waals surface area contributed by atoms with Crippen LogP contribution < -0.4 is 17.2 Å². The molecule has 0 aromatic carbocycles. The van der Waals surface area contributed by atoms with Gasteiger partial charge in [0.2, 0.25) is 5.91 Å². The molecule has 4 heterocycles. The first-order valence-corrected chi connectivity index (χ1v) is 12.4. The minimum atomic E-state index is -4.72. The van der Waals surface area contributed by atoms with Crippen LogP contribution in [0.3, 0.4) is 0 Å². The summed E-state index contributed by atoms with van der Waals surface area (Å²) in [5.41, 5.74) is 16.1. The molecule has 39 heavy (non-hydrogen) atoms. The summed E-state index contributed by atoms with van der Waals surface area (Å²) >= 11 is 0. The maximum absolute atomic E-state index is 10.7. The third-order valence-corrected chi connectivity index (χ3v) is 5.42. The van der Waals surface area contributed by atoms with Crippen LogP contribution in [0.2, 0.25) is 0 Å². The normalized spacial score (nSPS) is 21.4.